The molecule has 3 atom stereocenters. The van der Waals surface area contributed by atoms with Crippen LogP contribution in [0.4, 0.5) is 15.8 Å². The van der Waals surface area contributed by atoms with E-state index in [1.165, 1.54) is 29.8 Å². The maximum absolute atomic E-state index is 13.1. The number of allylic oxidation sites excluding steroid dienone is 2. The van der Waals surface area contributed by atoms with Gasteiger partial charge in [0.15, 0.2) is 0 Å². The average Bonchev–Trinajstić information content (AvgIpc) is 3.25. The second-order valence-electron chi connectivity index (χ2n) is 7.75. The fourth-order valence-corrected chi connectivity index (χ4v) is 5.56. The summed E-state index contributed by atoms with van der Waals surface area (Å²) in [6, 6.07) is 21.0. The predicted molar refractivity (Wildman–Crippen MR) is 116 cm³/mol. The number of anilines is 2. The van der Waals surface area contributed by atoms with Gasteiger partial charge in [-0.25, -0.2) is 12.8 Å². The predicted octanol–water partition coefficient (Wildman–Crippen LogP) is 5.45. The van der Waals surface area contributed by atoms with E-state index in [0.29, 0.717) is 11.6 Å². The Kier molecular flexibility index (Phi) is 4.59. The molecule has 0 unspecified atom stereocenters. The molecule has 0 saturated carbocycles. The number of hydrogen-bond donors (Lipinski definition) is 2. The number of rotatable bonds is 4. The molecule has 1 aliphatic heterocycles. The molecule has 152 valence electrons. The third-order valence-electron chi connectivity index (χ3n) is 5.90. The second-order valence-corrected chi connectivity index (χ2v) is 9.43. The first-order valence-electron chi connectivity index (χ1n) is 9.92. The molecule has 0 amide bonds. The van der Waals surface area contributed by atoms with Crippen molar-refractivity contribution in [1.82, 2.24) is 0 Å². The van der Waals surface area contributed by atoms with Gasteiger partial charge in [-0.15, -0.1) is 0 Å². The minimum atomic E-state index is -3.78. The molecule has 4 nitrogen and oxygen atoms in total. The van der Waals surface area contributed by atoms with Crippen LogP contribution in [-0.4, -0.2) is 8.42 Å². The molecule has 30 heavy (non-hydrogen) atoms. The Bertz CT molecular complexity index is 1210. The minimum absolute atomic E-state index is 0.160. The lowest BCUT2D eigenvalue weighted by Crippen LogP contribution is -2.29. The number of nitrogens with one attached hydrogen (secondary N) is 2. The SMILES string of the molecule is O=S(=O)(Nc1ccc(F)cc1)c1ccc2c(c1)[C@H]1C=CC[C@H]1[C@@H](c1ccccc1)N2. The maximum Gasteiger partial charge on any atom is 0.261 e. The molecule has 0 spiro atoms. The first-order chi connectivity index (χ1) is 14.5. The molecule has 2 N–H and O–H groups in total. The zero-order valence-corrected chi connectivity index (χ0v) is 16.9. The molecule has 3 aromatic rings. The Balaban J connectivity index is 1.49. The number of hydrogen-bond acceptors (Lipinski definition) is 3. The van der Waals surface area contributed by atoms with E-state index in [2.05, 4.69) is 34.3 Å². The zero-order valence-electron chi connectivity index (χ0n) is 16.1. The van der Waals surface area contributed by atoms with Crippen molar-refractivity contribution in [2.75, 3.05) is 10.0 Å². The van der Waals surface area contributed by atoms with Gasteiger partial charge in [0.2, 0.25) is 0 Å². The quantitative estimate of drug-likeness (QED) is 0.552. The molecule has 0 bridgehead atoms. The molecular weight excluding hydrogens is 399 g/mol. The van der Waals surface area contributed by atoms with Crippen molar-refractivity contribution in [2.45, 2.75) is 23.3 Å². The number of benzene rings is 3. The van der Waals surface area contributed by atoms with Crippen LogP contribution in [0, 0.1) is 11.7 Å². The summed E-state index contributed by atoms with van der Waals surface area (Å²) in [6.07, 6.45) is 5.31. The Morgan fingerprint density at radius 2 is 1.73 bits per heavy atom. The van der Waals surface area contributed by atoms with E-state index in [1.54, 1.807) is 12.1 Å². The van der Waals surface area contributed by atoms with Gasteiger partial charge in [0.25, 0.3) is 10.0 Å². The fraction of sp³-hybridized carbons (Fsp3) is 0.167. The molecule has 6 heteroatoms. The normalized spacial score (nSPS) is 22.1. The van der Waals surface area contributed by atoms with E-state index >= 15 is 0 Å². The largest absolute Gasteiger partial charge is 0.378 e. The van der Waals surface area contributed by atoms with Crippen LogP contribution in [0.3, 0.4) is 0 Å². The van der Waals surface area contributed by atoms with Crippen LogP contribution in [-0.2, 0) is 10.0 Å². The Labute approximate surface area is 175 Å². The van der Waals surface area contributed by atoms with E-state index < -0.39 is 15.8 Å². The molecule has 0 fully saturated rings. The highest BCUT2D eigenvalue weighted by atomic mass is 32.2. The van der Waals surface area contributed by atoms with Gasteiger partial charge in [0.05, 0.1) is 10.9 Å². The summed E-state index contributed by atoms with van der Waals surface area (Å²) in [6.45, 7) is 0. The van der Waals surface area contributed by atoms with E-state index in [1.807, 2.05) is 24.3 Å². The lowest BCUT2D eigenvalue weighted by molar-refractivity contribution is 0.425. The van der Waals surface area contributed by atoms with Crippen LogP contribution in [0.5, 0.6) is 0 Å². The summed E-state index contributed by atoms with van der Waals surface area (Å²) in [5.74, 6) is 0.0835. The van der Waals surface area contributed by atoms with Gasteiger partial charge in [-0.2, -0.15) is 0 Å². The van der Waals surface area contributed by atoms with Crippen molar-refractivity contribution in [3.8, 4) is 0 Å². The van der Waals surface area contributed by atoms with Crippen molar-refractivity contribution in [2.24, 2.45) is 5.92 Å². The van der Waals surface area contributed by atoms with Gasteiger partial charge in [0.1, 0.15) is 5.82 Å². The average molecular weight is 421 g/mol. The lowest BCUT2D eigenvalue weighted by Gasteiger charge is -2.37. The van der Waals surface area contributed by atoms with Gasteiger partial charge in [0, 0.05) is 17.3 Å². The highest BCUT2D eigenvalue weighted by Crippen LogP contribution is 2.50. The summed E-state index contributed by atoms with van der Waals surface area (Å²) < 4.78 is 41.5. The molecular formula is C24H21FN2O2S. The van der Waals surface area contributed by atoms with Gasteiger partial charge >= 0.3 is 0 Å². The minimum Gasteiger partial charge on any atom is -0.378 e. The highest BCUT2D eigenvalue weighted by molar-refractivity contribution is 7.92. The standard InChI is InChI=1S/C24H21FN2O2S/c25-17-9-11-18(12-10-17)27-30(28,29)19-13-14-23-22(15-19)20-7-4-8-21(20)24(26-23)16-5-2-1-3-6-16/h1-7,9-15,20-21,24,26-27H,8H2/t20-,21+,24+/m0/s1. The van der Waals surface area contributed by atoms with Gasteiger partial charge in [-0.1, -0.05) is 42.5 Å². The first kappa shape index (κ1) is 18.9. The Hall–Kier alpha value is -3.12. The Morgan fingerprint density at radius 3 is 2.50 bits per heavy atom. The summed E-state index contributed by atoms with van der Waals surface area (Å²) in [5, 5.41) is 3.62. The summed E-state index contributed by atoms with van der Waals surface area (Å²) >= 11 is 0. The van der Waals surface area contributed by atoms with Gasteiger partial charge in [-0.3, -0.25) is 4.72 Å². The number of fused-ring (bicyclic) bond motifs is 3. The van der Waals surface area contributed by atoms with Gasteiger partial charge < -0.3 is 5.32 Å². The van der Waals surface area contributed by atoms with Crippen LogP contribution < -0.4 is 10.0 Å². The molecule has 1 aliphatic carbocycles. The smallest absolute Gasteiger partial charge is 0.261 e. The Morgan fingerprint density at radius 1 is 0.967 bits per heavy atom. The third kappa shape index (κ3) is 3.37. The molecule has 5 rings (SSSR count). The highest BCUT2D eigenvalue weighted by Gasteiger charge is 2.38. The third-order valence-corrected chi connectivity index (χ3v) is 7.28. The first-order valence-corrected chi connectivity index (χ1v) is 11.4. The van der Waals surface area contributed by atoms with Crippen molar-refractivity contribution in [3.05, 3.63) is 102 Å². The molecule has 2 aliphatic rings. The van der Waals surface area contributed by atoms with Crippen LogP contribution in [0.25, 0.3) is 0 Å². The van der Waals surface area contributed by atoms with Crippen molar-refractivity contribution >= 4 is 21.4 Å². The van der Waals surface area contributed by atoms with Crippen molar-refractivity contribution < 1.29 is 12.8 Å². The lowest BCUT2D eigenvalue weighted by atomic mass is 9.77. The van der Waals surface area contributed by atoms with Crippen molar-refractivity contribution in [1.29, 1.82) is 0 Å². The van der Waals surface area contributed by atoms with Crippen molar-refractivity contribution in [3.63, 3.8) is 0 Å². The molecule has 3 aromatic carbocycles. The van der Waals surface area contributed by atoms with E-state index in [9.17, 15) is 12.8 Å². The monoisotopic (exact) mass is 420 g/mol. The molecule has 0 radical (unpaired) electrons. The van der Waals surface area contributed by atoms with Gasteiger partial charge in [-0.05, 0) is 65.9 Å². The number of sulfonamides is 1. The van der Waals surface area contributed by atoms with E-state index in [4.69, 9.17) is 0 Å². The van der Waals surface area contributed by atoms with Crippen LogP contribution in [0.2, 0.25) is 0 Å². The topological polar surface area (TPSA) is 58.2 Å². The summed E-state index contributed by atoms with van der Waals surface area (Å²) in [7, 11) is -3.78. The van der Waals surface area contributed by atoms with Crippen LogP contribution in [0.15, 0.2) is 89.8 Å². The van der Waals surface area contributed by atoms with E-state index in [0.717, 1.165) is 17.7 Å². The molecule has 0 aromatic heterocycles. The molecule has 0 saturated heterocycles. The number of halogens is 1. The maximum atomic E-state index is 13.1. The second kappa shape index (κ2) is 7.29. The van der Waals surface area contributed by atoms with Crippen LogP contribution in [0.1, 0.15) is 29.5 Å². The van der Waals surface area contributed by atoms with Crippen LogP contribution >= 0.6 is 0 Å². The summed E-state index contributed by atoms with van der Waals surface area (Å²) in [5.41, 5.74) is 3.51. The summed E-state index contributed by atoms with van der Waals surface area (Å²) in [4.78, 5) is 0.199. The fourth-order valence-electron chi connectivity index (χ4n) is 4.46. The molecule has 1 heterocycles. The zero-order chi connectivity index (χ0) is 20.7. The van der Waals surface area contributed by atoms with E-state index in [-0.39, 0.29) is 16.9 Å².